The van der Waals surface area contributed by atoms with Crippen molar-refractivity contribution in [2.24, 2.45) is 0 Å². The van der Waals surface area contributed by atoms with E-state index in [0.717, 1.165) is 5.56 Å². The Labute approximate surface area is 196 Å². The maximum Gasteiger partial charge on any atom is 0.340 e. The molecule has 0 aliphatic heterocycles. The number of halogens is 1. The summed E-state index contributed by atoms with van der Waals surface area (Å²) < 4.78 is 29.1. The highest BCUT2D eigenvalue weighted by Crippen LogP contribution is 2.55. The van der Waals surface area contributed by atoms with Crippen molar-refractivity contribution in [2.75, 3.05) is 24.5 Å². The average Bonchev–Trinajstić information content (AvgIpc) is 3.11. The monoisotopic (exact) mass is 517 g/mol. The van der Waals surface area contributed by atoms with Gasteiger partial charge in [0.25, 0.3) is 0 Å². The van der Waals surface area contributed by atoms with E-state index in [9.17, 15) is 14.0 Å². The van der Waals surface area contributed by atoms with Gasteiger partial charge in [0.2, 0.25) is 5.28 Å². The Balaban J connectivity index is 1.57. The van der Waals surface area contributed by atoms with Crippen molar-refractivity contribution in [1.82, 2.24) is 19.5 Å². The Bertz CT molecular complexity index is 1170. The largest absolute Gasteiger partial charge is 0.353 e. The first-order chi connectivity index (χ1) is 15.5. The molecule has 0 aliphatic carbocycles. The van der Waals surface area contributed by atoms with Gasteiger partial charge in [0.05, 0.1) is 12.9 Å². The molecule has 3 aromatic rings. The molecule has 0 spiro atoms. The van der Waals surface area contributed by atoms with E-state index < -0.39 is 21.1 Å². The molecule has 33 heavy (non-hydrogen) atoms. The number of aromatic nitrogens is 4. The molecule has 180 valence electrons. The first-order valence-electron chi connectivity index (χ1n) is 10.2. The van der Waals surface area contributed by atoms with E-state index in [-0.39, 0.29) is 11.9 Å². The second-order valence-corrected chi connectivity index (χ2v) is 11.9. The Kier molecular flexibility index (Phi) is 8.64. The van der Waals surface area contributed by atoms with E-state index in [1.165, 1.54) is 0 Å². The van der Waals surface area contributed by atoms with Crippen LogP contribution < -0.4 is 4.90 Å². The smallest absolute Gasteiger partial charge is 0.340 e. The topological polar surface area (TPSA) is 151 Å². The maximum absolute atomic E-state index is 11.6. The molecule has 2 heterocycles. The van der Waals surface area contributed by atoms with E-state index in [4.69, 9.17) is 25.9 Å². The summed E-state index contributed by atoms with van der Waals surface area (Å²) in [5, 5.41) is 0.122. The first-order valence-corrected chi connectivity index (χ1v) is 14.1. The zero-order valence-electron chi connectivity index (χ0n) is 18.0. The molecule has 0 saturated heterocycles. The lowest BCUT2D eigenvalue weighted by Gasteiger charge is -2.18. The highest BCUT2D eigenvalue weighted by atomic mass is 35.5. The fraction of sp³-hybridized carbons (Fsp3) is 0.421. The van der Waals surface area contributed by atoms with Gasteiger partial charge in [0.15, 0.2) is 22.9 Å². The number of nitrogens with zero attached hydrogens (tertiary/aromatic N) is 5. The molecule has 0 aliphatic rings. The summed E-state index contributed by atoms with van der Waals surface area (Å²) in [6.45, 7) is 1.15. The van der Waals surface area contributed by atoms with E-state index in [2.05, 4.69) is 15.0 Å². The Hall–Kier alpha value is -1.84. The van der Waals surface area contributed by atoms with Gasteiger partial charge in [-0.25, -0.2) is 4.98 Å². The molecular formula is C19H26ClN5O6P2. The lowest BCUT2D eigenvalue weighted by molar-refractivity contribution is 0.253. The highest BCUT2D eigenvalue weighted by Gasteiger charge is 2.30. The lowest BCUT2D eigenvalue weighted by Crippen LogP contribution is -2.18. The van der Waals surface area contributed by atoms with Gasteiger partial charge >= 0.3 is 15.2 Å². The summed E-state index contributed by atoms with van der Waals surface area (Å²) in [4.78, 5) is 42.2. The van der Waals surface area contributed by atoms with Crippen LogP contribution in [0.3, 0.4) is 0 Å². The Morgan fingerprint density at radius 1 is 1.09 bits per heavy atom. The molecule has 0 bridgehead atoms. The van der Waals surface area contributed by atoms with Gasteiger partial charge in [-0.15, -0.1) is 0 Å². The van der Waals surface area contributed by atoms with Crippen LogP contribution in [0.5, 0.6) is 0 Å². The molecule has 1 unspecified atom stereocenters. The minimum Gasteiger partial charge on any atom is -0.353 e. The number of fused-ring (bicyclic) bond motifs is 1. The predicted octanol–water partition coefficient (Wildman–Crippen LogP) is 3.62. The molecular weight excluding hydrogens is 492 g/mol. The zero-order chi connectivity index (χ0) is 24.1. The fourth-order valence-corrected chi connectivity index (χ4v) is 6.07. The molecule has 2 aromatic heterocycles. The lowest BCUT2D eigenvalue weighted by atomic mass is 10.2. The fourth-order valence-electron chi connectivity index (χ4n) is 3.31. The molecule has 1 atom stereocenters. The van der Waals surface area contributed by atoms with E-state index >= 15 is 0 Å². The zero-order valence-corrected chi connectivity index (χ0v) is 20.5. The summed E-state index contributed by atoms with van der Waals surface area (Å²) in [5.41, 5.74) is 2.38. The van der Waals surface area contributed by atoms with Gasteiger partial charge in [0.1, 0.15) is 0 Å². The van der Waals surface area contributed by atoms with E-state index in [1.807, 2.05) is 46.8 Å². The number of benzene rings is 1. The summed E-state index contributed by atoms with van der Waals surface area (Å²) in [7, 11) is -7.01. The SMILES string of the molecule is CN(Cc1ccccc1)c1nc(Cl)nc2c1ncn2CCCCCOP(=O)(O)CP(=O)(O)O. The van der Waals surface area contributed by atoms with Crippen molar-refractivity contribution in [1.29, 1.82) is 0 Å². The summed E-state index contributed by atoms with van der Waals surface area (Å²) in [6, 6.07) is 9.97. The van der Waals surface area contributed by atoms with Crippen molar-refractivity contribution in [2.45, 2.75) is 32.4 Å². The molecule has 0 radical (unpaired) electrons. The van der Waals surface area contributed by atoms with Gasteiger partial charge in [-0.3, -0.25) is 9.13 Å². The summed E-state index contributed by atoms with van der Waals surface area (Å²) in [5.74, 6) is -0.549. The Morgan fingerprint density at radius 3 is 2.52 bits per heavy atom. The average molecular weight is 518 g/mol. The normalized spacial score (nSPS) is 13.8. The summed E-state index contributed by atoms with van der Waals surface area (Å²) in [6.07, 6.45) is 3.50. The van der Waals surface area contributed by atoms with Crippen molar-refractivity contribution >= 4 is 43.8 Å². The highest BCUT2D eigenvalue weighted by molar-refractivity contribution is 7.70. The molecule has 0 saturated carbocycles. The number of anilines is 1. The van der Waals surface area contributed by atoms with E-state index in [0.29, 0.717) is 49.3 Å². The van der Waals surface area contributed by atoms with Crippen LogP contribution in [0.1, 0.15) is 24.8 Å². The number of aryl methyl sites for hydroxylation is 1. The molecule has 1 aromatic carbocycles. The van der Waals surface area contributed by atoms with Gasteiger partial charge in [-0.2, -0.15) is 9.97 Å². The molecule has 0 amide bonds. The van der Waals surface area contributed by atoms with Crippen LogP contribution in [0.4, 0.5) is 5.82 Å². The van der Waals surface area contributed by atoms with Crippen LogP contribution >= 0.6 is 26.8 Å². The van der Waals surface area contributed by atoms with Crippen LogP contribution in [-0.4, -0.2) is 53.8 Å². The third-order valence-corrected chi connectivity index (χ3v) is 8.40. The van der Waals surface area contributed by atoms with E-state index in [1.54, 1.807) is 6.33 Å². The number of imidazole rings is 1. The second kappa shape index (κ2) is 11.1. The van der Waals surface area contributed by atoms with Crippen molar-refractivity contribution in [3.63, 3.8) is 0 Å². The van der Waals surface area contributed by atoms with Crippen LogP contribution in [0, 0.1) is 0 Å². The minimum atomic E-state index is -4.62. The van der Waals surface area contributed by atoms with Crippen LogP contribution in [0.15, 0.2) is 36.7 Å². The number of rotatable bonds is 12. The van der Waals surface area contributed by atoms with Gasteiger partial charge in [0, 0.05) is 20.1 Å². The van der Waals surface area contributed by atoms with Crippen molar-refractivity contribution < 1.29 is 28.3 Å². The summed E-state index contributed by atoms with van der Waals surface area (Å²) >= 11 is 6.18. The standard InChI is InChI=1S/C19H26ClN5O6P2/c1-24(12-15-8-4-2-5-9-15)17-16-18(23-19(20)22-17)25(13-21-16)10-6-3-7-11-31-33(29,30)14-32(26,27)28/h2,4-5,8-9,13H,3,6-7,10-12,14H2,1H3,(H,29,30)(H2,26,27,28). The minimum absolute atomic E-state index is 0.0686. The molecule has 0 fully saturated rings. The first kappa shape index (κ1) is 25.8. The van der Waals surface area contributed by atoms with Crippen molar-refractivity contribution in [3.05, 3.63) is 47.5 Å². The van der Waals surface area contributed by atoms with Gasteiger partial charge < -0.3 is 28.7 Å². The van der Waals surface area contributed by atoms with Crippen LogP contribution in [0.2, 0.25) is 5.28 Å². The molecule has 3 N–H and O–H groups in total. The predicted molar refractivity (Wildman–Crippen MR) is 125 cm³/mol. The van der Waals surface area contributed by atoms with Crippen LogP contribution in [0.25, 0.3) is 11.2 Å². The third kappa shape index (κ3) is 7.86. The maximum atomic E-state index is 11.6. The Morgan fingerprint density at radius 2 is 1.82 bits per heavy atom. The van der Waals surface area contributed by atoms with Crippen molar-refractivity contribution in [3.8, 4) is 0 Å². The third-order valence-electron chi connectivity index (χ3n) is 4.74. The molecule has 11 nitrogen and oxygen atoms in total. The number of unbranched alkanes of at least 4 members (excludes halogenated alkanes) is 2. The second-order valence-electron chi connectivity index (χ2n) is 7.61. The molecule has 3 rings (SSSR count). The number of hydrogen-bond acceptors (Lipinski definition) is 7. The van der Waals surface area contributed by atoms with Crippen LogP contribution in [-0.2, 0) is 26.7 Å². The molecule has 14 heteroatoms. The quantitative estimate of drug-likeness (QED) is 0.184. The number of hydrogen-bond donors (Lipinski definition) is 3. The van der Waals surface area contributed by atoms with Gasteiger partial charge in [-0.1, -0.05) is 30.3 Å². The van der Waals surface area contributed by atoms with Gasteiger partial charge in [-0.05, 0) is 36.4 Å².